The minimum atomic E-state index is -3.82. The van der Waals surface area contributed by atoms with Crippen LogP contribution in [-0.2, 0) is 16.6 Å². The number of rotatable bonds is 10. The molecule has 9 nitrogen and oxygen atoms in total. The molecule has 190 valence electrons. The second-order valence-electron chi connectivity index (χ2n) is 8.23. The van der Waals surface area contributed by atoms with E-state index in [1.165, 1.54) is 12.1 Å². The van der Waals surface area contributed by atoms with Gasteiger partial charge in [-0.1, -0.05) is 41.4 Å². The van der Waals surface area contributed by atoms with Crippen molar-refractivity contribution in [1.82, 2.24) is 5.32 Å². The van der Waals surface area contributed by atoms with Crippen molar-refractivity contribution in [2.45, 2.75) is 20.4 Å². The maximum atomic E-state index is 12.5. The van der Waals surface area contributed by atoms with Gasteiger partial charge in [0.25, 0.3) is 11.6 Å². The van der Waals surface area contributed by atoms with E-state index < -0.39 is 14.9 Å². The number of benzene rings is 3. The van der Waals surface area contributed by atoms with Gasteiger partial charge in [0.05, 0.1) is 35.0 Å². The lowest BCUT2D eigenvalue weighted by Gasteiger charge is -2.23. The van der Waals surface area contributed by atoms with Gasteiger partial charge in [-0.05, 0) is 49.2 Å². The Hall–Kier alpha value is -3.63. The van der Waals surface area contributed by atoms with Gasteiger partial charge in [-0.15, -0.1) is 0 Å². The standard InChI is InChI=1S/C25H26ClN3O6S/c1-17-4-11-24(18(2)14-17)35-13-12-27-25(30)20-7-5-19(6-8-20)16-28(36(3,33)34)23-15-21(29(31)32)9-10-22(23)26/h4-11,14-15H,12-13,16H2,1-3H3,(H,27,30). The minimum Gasteiger partial charge on any atom is -0.491 e. The van der Waals surface area contributed by atoms with Crippen molar-refractivity contribution in [2.24, 2.45) is 0 Å². The lowest BCUT2D eigenvalue weighted by molar-refractivity contribution is -0.384. The highest BCUT2D eigenvalue weighted by molar-refractivity contribution is 7.92. The van der Waals surface area contributed by atoms with E-state index >= 15 is 0 Å². The van der Waals surface area contributed by atoms with Gasteiger partial charge < -0.3 is 10.1 Å². The molecule has 0 spiro atoms. The molecule has 3 aromatic carbocycles. The first kappa shape index (κ1) is 27.0. The number of carbonyl (C=O) groups is 1. The van der Waals surface area contributed by atoms with Crippen molar-refractivity contribution in [2.75, 3.05) is 23.7 Å². The van der Waals surface area contributed by atoms with Crippen molar-refractivity contribution < 1.29 is 22.9 Å². The van der Waals surface area contributed by atoms with Crippen LogP contribution < -0.4 is 14.4 Å². The Labute approximate surface area is 214 Å². The molecule has 0 saturated carbocycles. The molecule has 0 aliphatic carbocycles. The fraction of sp³-hybridized carbons (Fsp3) is 0.240. The molecule has 1 N–H and O–H groups in total. The number of hydrogen-bond acceptors (Lipinski definition) is 6. The van der Waals surface area contributed by atoms with E-state index in [0.717, 1.165) is 33.5 Å². The fourth-order valence-electron chi connectivity index (χ4n) is 3.50. The van der Waals surface area contributed by atoms with E-state index in [4.69, 9.17) is 16.3 Å². The monoisotopic (exact) mass is 531 g/mol. The van der Waals surface area contributed by atoms with E-state index in [-0.39, 0.29) is 28.8 Å². The second kappa shape index (κ2) is 11.4. The number of carbonyl (C=O) groups excluding carboxylic acids is 1. The number of sulfonamides is 1. The van der Waals surface area contributed by atoms with Crippen LogP contribution in [0.25, 0.3) is 0 Å². The Morgan fingerprint density at radius 1 is 1.08 bits per heavy atom. The first-order valence-electron chi connectivity index (χ1n) is 10.9. The molecule has 0 atom stereocenters. The van der Waals surface area contributed by atoms with Crippen LogP contribution >= 0.6 is 11.6 Å². The Bertz CT molecular complexity index is 1380. The first-order valence-corrected chi connectivity index (χ1v) is 13.2. The summed E-state index contributed by atoms with van der Waals surface area (Å²) in [7, 11) is -3.82. The number of nitro benzene ring substituents is 1. The molecule has 3 rings (SSSR count). The zero-order valence-electron chi connectivity index (χ0n) is 20.0. The largest absolute Gasteiger partial charge is 0.491 e. The van der Waals surface area contributed by atoms with Crippen molar-refractivity contribution in [3.63, 3.8) is 0 Å². The molecule has 0 aliphatic rings. The lowest BCUT2D eigenvalue weighted by Crippen LogP contribution is -2.30. The third-order valence-electron chi connectivity index (χ3n) is 5.33. The van der Waals surface area contributed by atoms with Gasteiger partial charge in [0, 0.05) is 17.7 Å². The number of halogens is 1. The normalized spacial score (nSPS) is 11.1. The molecule has 11 heteroatoms. The quantitative estimate of drug-likeness (QED) is 0.231. The van der Waals surface area contributed by atoms with Crippen molar-refractivity contribution in [1.29, 1.82) is 0 Å². The average Bonchev–Trinajstić information content (AvgIpc) is 2.81. The molecule has 0 heterocycles. The molecule has 3 aromatic rings. The number of aryl methyl sites for hydroxylation is 2. The zero-order valence-corrected chi connectivity index (χ0v) is 21.6. The van der Waals surface area contributed by atoms with Crippen LogP contribution in [0.1, 0.15) is 27.0 Å². The number of non-ortho nitro benzene ring substituents is 1. The highest BCUT2D eigenvalue weighted by Crippen LogP contribution is 2.32. The molecule has 1 amide bonds. The van der Waals surface area contributed by atoms with Crippen LogP contribution in [0, 0.1) is 24.0 Å². The molecular weight excluding hydrogens is 506 g/mol. The summed E-state index contributed by atoms with van der Waals surface area (Å²) in [6.07, 6.45) is 0.990. The number of hydrogen-bond donors (Lipinski definition) is 1. The molecular formula is C25H26ClN3O6S. The van der Waals surface area contributed by atoms with Crippen LogP contribution in [0.15, 0.2) is 60.7 Å². The van der Waals surface area contributed by atoms with E-state index in [2.05, 4.69) is 5.32 Å². The topological polar surface area (TPSA) is 119 Å². The van der Waals surface area contributed by atoms with Crippen molar-refractivity contribution in [3.8, 4) is 5.75 Å². The Morgan fingerprint density at radius 2 is 1.78 bits per heavy atom. The van der Waals surface area contributed by atoms with Crippen LogP contribution in [0.3, 0.4) is 0 Å². The van der Waals surface area contributed by atoms with Gasteiger partial charge in [0.1, 0.15) is 12.4 Å². The highest BCUT2D eigenvalue weighted by atomic mass is 35.5. The molecule has 0 saturated heterocycles. The van der Waals surface area contributed by atoms with Crippen LogP contribution in [0.4, 0.5) is 11.4 Å². The van der Waals surface area contributed by atoms with Crippen molar-refractivity contribution in [3.05, 3.63) is 98.1 Å². The van der Waals surface area contributed by atoms with Gasteiger partial charge >= 0.3 is 0 Å². The Morgan fingerprint density at radius 3 is 2.39 bits per heavy atom. The number of nitro groups is 1. The summed E-state index contributed by atoms with van der Waals surface area (Å²) in [6.45, 7) is 4.46. The summed E-state index contributed by atoms with van der Waals surface area (Å²) >= 11 is 6.16. The predicted octanol–water partition coefficient (Wildman–Crippen LogP) is 4.64. The molecule has 0 bridgehead atoms. The van der Waals surface area contributed by atoms with Crippen molar-refractivity contribution >= 4 is 38.9 Å². The van der Waals surface area contributed by atoms with Crippen LogP contribution in [0.5, 0.6) is 5.75 Å². The maximum Gasteiger partial charge on any atom is 0.271 e. The molecule has 0 radical (unpaired) electrons. The van der Waals surface area contributed by atoms with Crippen LogP contribution in [0.2, 0.25) is 5.02 Å². The third-order valence-corrected chi connectivity index (χ3v) is 6.77. The summed E-state index contributed by atoms with van der Waals surface area (Å²) in [6, 6.07) is 15.9. The Kier molecular flexibility index (Phi) is 8.54. The highest BCUT2D eigenvalue weighted by Gasteiger charge is 2.23. The number of nitrogens with one attached hydrogen (secondary N) is 1. The number of nitrogens with zero attached hydrogens (tertiary/aromatic N) is 2. The lowest BCUT2D eigenvalue weighted by atomic mass is 10.1. The fourth-order valence-corrected chi connectivity index (χ4v) is 4.66. The van der Waals surface area contributed by atoms with Crippen LogP contribution in [-0.4, -0.2) is 38.7 Å². The molecule has 0 fully saturated rings. The maximum absolute atomic E-state index is 12.5. The van der Waals surface area contributed by atoms with Gasteiger partial charge in [-0.2, -0.15) is 0 Å². The molecule has 36 heavy (non-hydrogen) atoms. The SMILES string of the molecule is Cc1ccc(OCCNC(=O)c2ccc(CN(c3cc([N+](=O)[O-])ccc3Cl)S(C)(=O)=O)cc2)c(C)c1. The van der Waals surface area contributed by atoms with Gasteiger partial charge in [0.15, 0.2) is 0 Å². The zero-order chi connectivity index (χ0) is 26.5. The summed E-state index contributed by atoms with van der Waals surface area (Å²) < 4.78 is 31.6. The number of anilines is 1. The summed E-state index contributed by atoms with van der Waals surface area (Å²) in [5.74, 6) is 0.464. The number of ether oxygens (including phenoxy) is 1. The van der Waals surface area contributed by atoms with E-state index in [1.807, 2.05) is 32.0 Å². The summed E-state index contributed by atoms with van der Waals surface area (Å²) in [5, 5.41) is 14.0. The molecule has 0 aromatic heterocycles. The van der Waals surface area contributed by atoms with E-state index in [9.17, 15) is 23.3 Å². The van der Waals surface area contributed by atoms with Gasteiger partial charge in [-0.25, -0.2) is 8.42 Å². The predicted molar refractivity (Wildman–Crippen MR) is 139 cm³/mol. The third kappa shape index (κ3) is 6.96. The molecule has 0 aliphatic heterocycles. The van der Waals surface area contributed by atoms with Gasteiger partial charge in [-0.3, -0.25) is 19.2 Å². The summed E-state index contributed by atoms with van der Waals surface area (Å²) in [4.78, 5) is 23.0. The summed E-state index contributed by atoms with van der Waals surface area (Å²) in [5.41, 5.74) is 2.84. The number of amides is 1. The van der Waals surface area contributed by atoms with E-state index in [0.29, 0.717) is 24.3 Å². The second-order valence-corrected chi connectivity index (χ2v) is 10.5. The minimum absolute atomic E-state index is 0.000926. The van der Waals surface area contributed by atoms with Gasteiger partial charge in [0.2, 0.25) is 10.0 Å². The first-order chi connectivity index (χ1) is 17.0. The molecule has 0 unspecified atom stereocenters. The van der Waals surface area contributed by atoms with E-state index in [1.54, 1.807) is 24.3 Å². The Balaban J connectivity index is 1.64. The average molecular weight is 532 g/mol. The smallest absolute Gasteiger partial charge is 0.271 e.